The number of quaternary nitrogens is 2. The number of aryl methyl sites for hydroxylation is 1. The van der Waals surface area contributed by atoms with Gasteiger partial charge >= 0.3 is 0 Å². The van der Waals surface area contributed by atoms with E-state index in [4.69, 9.17) is 9.47 Å². The van der Waals surface area contributed by atoms with E-state index in [1.807, 2.05) is 12.1 Å². The van der Waals surface area contributed by atoms with Gasteiger partial charge in [-0.1, -0.05) is 18.2 Å². The molecule has 0 radical (unpaired) electrons. The highest BCUT2D eigenvalue weighted by molar-refractivity contribution is 5.76. The van der Waals surface area contributed by atoms with Crippen molar-refractivity contribution < 1.29 is 28.5 Å². The summed E-state index contributed by atoms with van der Waals surface area (Å²) in [5.74, 6) is 1.34. The molecule has 2 aromatic carbocycles. The first kappa shape index (κ1) is 23.0. The van der Waals surface area contributed by atoms with Gasteiger partial charge in [0.15, 0.2) is 18.0 Å². The molecule has 0 spiro atoms. The van der Waals surface area contributed by atoms with E-state index in [0.717, 1.165) is 44.2 Å². The number of ether oxygens (including phenoxy) is 2. The summed E-state index contributed by atoms with van der Waals surface area (Å²) in [6, 6.07) is 10.8. The number of halogens is 1. The van der Waals surface area contributed by atoms with Crippen LogP contribution < -0.4 is 24.6 Å². The first-order valence-electron chi connectivity index (χ1n) is 10.9. The molecule has 31 heavy (non-hydrogen) atoms. The fourth-order valence-electron chi connectivity index (χ4n) is 4.12. The normalized spacial score (nSPS) is 18.5. The monoisotopic (exact) mass is 431 g/mol. The molecule has 0 unspecified atom stereocenters. The topological polar surface area (TPSA) is 56.4 Å². The molecule has 1 aliphatic rings. The summed E-state index contributed by atoms with van der Waals surface area (Å²) in [5, 5.41) is 2.93. The molecule has 3 N–H and O–H groups in total. The molecule has 1 saturated heterocycles. The van der Waals surface area contributed by atoms with Crippen molar-refractivity contribution in [3.05, 3.63) is 58.9 Å². The van der Waals surface area contributed by atoms with Gasteiger partial charge in [0.1, 0.15) is 38.5 Å². The van der Waals surface area contributed by atoms with Gasteiger partial charge in [0.2, 0.25) is 0 Å². The van der Waals surface area contributed by atoms with E-state index in [2.05, 4.69) is 18.3 Å². The fourth-order valence-corrected chi connectivity index (χ4v) is 4.12. The highest BCUT2D eigenvalue weighted by Gasteiger charge is 2.25. The van der Waals surface area contributed by atoms with Crippen molar-refractivity contribution in [1.82, 2.24) is 5.32 Å². The Hall–Kier alpha value is -2.64. The van der Waals surface area contributed by atoms with Gasteiger partial charge in [-0.15, -0.1) is 0 Å². The summed E-state index contributed by atoms with van der Waals surface area (Å²) in [7, 11) is 3.31. The summed E-state index contributed by atoms with van der Waals surface area (Å²) >= 11 is 0. The zero-order valence-electron chi connectivity index (χ0n) is 18.7. The Balaban J connectivity index is 1.41. The Kier molecular flexibility index (Phi) is 8.26. The van der Waals surface area contributed by atoms with Crippen LogP contribution in [0.1, 0.15) is 16.7 Å². The van der Waals surface area contributed by atoms with Crippen molar-refractivity contribution in [3.63, 3.8) is 0 Å². The molecule has 0 atom stereocenters. The van der Waals surface area contributed by atoms with Gasteiger partial charge in [0.25, 0.3) is 5.91 Å². The third kappa shape index (κ3) is 6.42. The van der Waals surface area contributed by atoms with Gasteiger partial charge < -0.3 is 24.6 Å². The van der Waals surface area contributed by atoms with E-state index < -0.39 is 0 Å². The average molecular weight is 432 g/mol. The van der Waals surface area contributed by atoms with Gasteiger partial charge in [0, 0.05) is 12.1 Å². The van der Waals surface area contributed by atoms with Crippen molar-refractivity contribution in [2.45, 2.75) is 19.9 Å². The maximum Gasteiger partial charge on any atom is 0.275 e. The van der Waals surface area contributed by atoms with E-state index in [1.165, 1.54) is 27.0 Å². The molecule has 1 amide bonds. The molecule has 0 aliphatic carbocycles. The van der Waals surface area contributed by atoms with E-state index in [9.17, 15) is 9.18 Å². The first-order chi connectivity index (χ1) is 15.0. The second-order valence-corrected chi connectivity index (χ2v) is 8.18. The lowest BCUT2D eigenvalue weighted by atomic mass is 10.1. The van der Waals surface area contributed by atoms with Gasteiger partial charge in [-0.2, -0.15) is 0 Å². The third-order valence-corrected chi connectivity index (χ3v) is 6.03. The van der Waals surface area contributed by atoms with Crippen molar-refractivity contribution in [2.75, 3.05) is 53.5 Å². The van der Waals surface area contributed by atoms with Crippen LogP contribution in [0.15, 0.2) is 36.4 Å². The lowest BCUT2D eigenvalue weighted by Gasteiger charge is -2.29. The lowest BCUT2D eigenvalue weighted by Crippen LogP contribution is -3.28. The minimum atomic E-state index is -0.216. The number of methoxy groups -OCH3 is 2. The molecular formula is C24H34FN3O3+2. The Bertz CT molecular complexity index is 882. The second kappa shape index (κ2) is 11.1. The number of carbonyl (C=O) groups excluding carboxylic acids is 1. The minimum Gasteiger partial charge on any atom is -0.493 e. The fraction of sp³-hybridized carbons (Fsp3) is 0.458. The standard InChI is InChI=1S/C24H32FN3O3/c1-18-14-22(30-2)23(31-3)15-20(18)16-27-10-12-28(13-11-27)17-24(29)26-9-8-19-6-4-5-7-21(19)25/h4-7,14-15H,8-13,16-17H2,1-3H3,(H,26,29)/p+2. The van der Waals surface area contributed by atoms with Crippen molar-refractivity contribution in [2.24, 2.45) is 0 Å². The Labute approximate surface area is 183 Å². The van der Waals surface area contributed by atoms with Crippen LogP contribution in [0.2, 0.25) is 0 Å². The second-order valence-electron chi connectivity index (χ2n) is 8.18. The Morgan fingerprint density at radius 3 is 2.32 bits per heavy atom. The zero-order chi connectivity index (χ0) is 22.2. The SMILES string of the molecule is COc1cc(C)c(C[NH+]2CC[NH+](CC(=O)NCCc3ccccc3F)CC2)cc1OC. The summed E-state index contributed by atoms with van der Waals surface area (Å²) < 4.78 is 24.5. The van der Waals surface area contributed by atoms with Gasteiger partial charge in [-0.25, -0.2) is 4.39 Å². The average Bonchev–Trinajstić information content (AvgIpc) is 2.77. The highest BCUT2D eigenvalue weighted by atomic mass is 19.1. The number of piperazine rings is 1. The molecule has 0 aromatic heterocycles. The van der Waals surface area contributed by atoms with Crippen LogP contribution in [0.25, 0.3) is 0 Å². The molecular weight excluding hydrogens is 397 g/mol. The molecule has 0 bridgehead atoms. The van der Waals surface area contributed by atoms with Gasteiger partial charge in [0.05, 0.1) is 14.2 Å². The minimum absolute atomic E-state index is 0.0329. The number of nitrogens with one attached hydrogen (secondary N) is 3. The lowest BCUT2D eigenvalue weighted by molar-refractivity contribution is -1.02. The maximum absolute atomic E-state index is 13.7. The number of rotatable bonds is 9. The largest absolute Gasteiger partial charge is 0.493 e. The van der Waals surface area contributed by atoms with E-state index in [0.29, 0.717) is 25.1 Å². The molecule has 168 valence electrons. The highest BCUT2D eigenvalue weighted by Crippen LogP contribution is 2.29. The van der Waals surface area contributed by atoms with E-state index in [-0.39, 0.29) is 11.7 Å². The quantitative estimate of drug-likeness (QED) is 0.515. The molecule has 6 nitrogen and oxygen atoms in total. The Morgan fingerprint density at radius 2 is 1.65 bits per heavy atom. The smallest absolute Gasteiger partial charge is 0.275 e. The number of hydrogen-bond acceptors (Lipinski definition) is 3. The summed E-state index contributed by atoms with van der Waals surface area (Å²) in [6.45, 7) is 7.93. The molecule has 1 fully saturated rings. The summed E-state index contributed by atoms with van der Waals surface area (Å²) in [5.41, 5.74) is 3.11. The van der Waals surface area contributed by atoms with Crippen LogP contribution in [0.5, 0.6) is 11.5 Å². The molecule has 1 heterocycles. The van der Waals surface area contributed by atoms with Crippen LogP contribution in [0.4, 0.5) is 4.39 Å². The van der Waals surface area contributed by atoms with Crippen molar-refractivity contribution in [3.8, 4) is 11.5 Å². The number of benzene rings is 2. The number of hydrogen-bond donors (Lipinski definition) is 3. The number of amides is 1. The summed E-state index contributed by atoms with van der Waals surface area (Å²) in [6.07, 6.45) is 0.510. The molecule has 2 aromatic rings. The first-order valence-corrected chi connectivity index (χ1v) is 10.9. The molecule has 7 heteroatoms. The molecule has 3 rings (SSSR count). The van der Waals surface area contributed by atoms with E-state index in [1.54, 1.807) is 26.4 Å². The van der Waals surface area contributed by atoms with E-state index >= 15 is 0 Å². The van der Waals surface area contributed by atoms with Crippen molar-refractivity contribution in [1.29, 1.82) is 0 Å². The van der Waals surface area contributed by atoms with Gasteiger partial charge in [-0.05, 0) is 42.7 Å². The van der Waals surface area contributed by atoms with Crippen LogP contribution >= 0.6 is 0 Å². The van der Waals surface area contributed by atoms with Crippen molar-refractivity contribution >= 4 is 5.91 Å². The van der Waals surface area contributed by atoms with Crippen LogP contribution in [0.3, 0.4) is 0 Å². The van der Waals surface area contributed by atoms with Crippen LogP contribution in [-0.2, 0) is 17.8 Å². The predicted octanol–water partition coefficient (Wildman–Crippen LogP) is -0.206. The molecule has 0 saturated carbocycles. The van der Waals surface area contributed by atoms with Gasteiger partial charge in [-0.3, -0.25) is 4.79 Å². The maximum atomic E-state index is 13.7. The Morgan fingerprint density at radius 1 is 1.00 bits per heavy atom. The predicted molar refractivity (Wildman–Crippen MR) is 117 cm³/mol. The molecule has 1 aliphatic heterocycles. The van der Waals surface area contributed by atoms with Crippen LogP contribution in [-0.4, -0.2) is 59.4 Å². The number of carbonyl (C=O) groups is 1. The zero-order valence-corrected chi connectivity index (χ0v) is 18.7. The van der Waals surface area contributed by atoms with Crippen LogP contribution in [0, 0.1) is 12.7 Å². The summed E-state index contributed by atoms with van der Waals surface area (Å²) in [4.78, 5) is 15.1. The third-order valence-electron chi connectivity index (χ3n) is 6.03.